The number of rotatable bonds is 13. The summed E-state index contributed by atoms with van der Waals surface area (Å²) in [6.45, 7) is 10.4. The first-order valence-corrected chi connectivity index (χ1v) is 21.0. The average Bonchev–Trinajstić information content (AvgIpc) is 3.54. The van der Waals surface area contributed by atoms with Crippen LogP contribution >= 0.6 is 0 Å². The number of likely N-dealkylation sites (tertiary alicyclic amines) is 1. The number of nitrogens with zero attached hydrogens (tertiary/aromatic N) is 5. The first-order valence-electron chi connectivity index (χ1n) is 18.9. The number of carbonyl (C=O) groups excluding carboxylic acids is 3. The molecule has 14 nitrogen and oxygen atoms in total. The summed E-state index contributed by atoms with van der Waals surface area (Å²) in [4.78, 5) is 51.9. The van der Waals surface area contributed by atoms with Crippen LogP contribution in [0.15, 0.2) is 42.7 Å². The zero-order chi connectivity index (χ0) is 39.2. The molecule has 3 aromatic rings. The van der Waals surface area contributed by atoms with Crippen LogP contribution in [0.2, 0.25) is 0 Å². The van der Waals surface area contributed by atoms with E-state index < -0.39 is 33.5 Å². The highest BCUT2D eigenvalue weighted by molar-refractivity contribution is 7.90. The van der Waals surface area contributed by atoms with Gasteiger partial charge in [-0.2, -0.15) is 4.98 Å². The molecule has 1 aromatic carbocycles. The molecule has 2 fully saturated rings. The van der Waals surface area contributed by atoms with Crippen molar-refractivity contribution >= 4 is 44.7 Å². The van der Waals surface area contributed by atoms with E-state index in [0.717, 1.165) is 36.6 Å². The third-order valence-electron chi connectivity index (χ3n) is 9.92. The van der Waals surface area contributed by atoms with Crippen LogP contribution in [0.4, 0.5) is 10.7 Å². The number of likely N-dealkylation sites (N-methyl/N-ethyl adjacent to an activating group) is 1. The second-order valence-electron chi connectivity index (χ2n) is 15.9. The number of nitrogens with one attached hydrogen (secondary N) is 1. The van der Waals surface area contributed by atoms with Gasteiger partial charge in [0.15, 0.2) is 0 Å². The minimum atomic E-state index is -3.04. The van der Waals surface area contributed by atoms with Crippen LogP contribution < -0.4 is 10.1 Å². The predicted molar refractivity (Wildman–Crippen MR) is 206 cm³/mol. The third kappa shape index (κ3) is 10.9. The van der Waals surface area contributed by atoms with Gasteiger partial charge in [-0.25, -0.2) is 23.0 Å². The number of hydrogen-bond donors (Lipinski definition) is 1. The smallest absolute Gasteiger partial charge is 0.410 e. The molecule has 15 heteroatoms. The monoisotopic (exact) mass is 768 g/mol. The lowest BCUT2D eigenvalue weighted by atomic mass is 9.85. The highest BCUT2D eigenvalue weighted by atomic mass is 32.2. The molecule has 296 valence electrons. The van der Waals surface area contributed by atoms with E-state index in [9.17, 15) is 22.8 Å². The van der Waals surface area contributed by atoms with Gasteiger partial charge < -0.3 is 29.0 Å². The molecule has 1 saturated carbocycles. The molecular weight excluding hydrogens is 713 g/mol. The minimum absolute atomic E-state index is 0.0590. The summed E-state index contributed by atoms with van der Waals surface area (Å²) in [6, 6.07) is 8.92. The number of carbonyl (C=O) groups is 3. The molecule has 2 amide bonds. The molecule has 2 aliphatic rings. The van der Waals surface area contributed by atoms with Gasteiger partial charge in [0, 0.05) is 69.0 Å². The van der Waals surface area contributed by atoms with Gasteiger partial charge in [0.25, 0.3) is 0 Å². The van der Waals surface area contributed by atoms with Crippen LogP contribution in [0.1, 0.15) is 79.6 Å². The van der Waals surface area contributed by atoms with Crippen molar-refractivity contribution in [3.05, 3.63) is 42.7 Å². The molecule has 1 unspecified atom stereocenters. The maximum absolute atomic E-state index is 13.5. The van der Waals surface area contributed by atoms with E-state index in [0.29, 0.717) is 56.5 Å². The maximum atomic E-state index is 13.5. The Labute approximate surface area is 318 Å². The van der Waals surface area contributed by atoms with E-state index in [1.807, 2.05) is 59.8 Å². The van der Waals surface area contributed by atoms with Crippen molar-refractivity contribution < 1.29 is 37.0 Å². The highest BCUT2D eigenvalue weighted by Gasteiger charge is 2.37. The number of ether oxygens (including phenoxy) is 3. The first kappa shape index (κ1) is 40.8. The molecule has 1 atom stereocenters. The number of hydrogen-bond acceptors (Lipinski definition) is 11. The molecule has 1 saturated heterocycles. The average molecular weight is 769 g/mol. The van der Waals surface area contributed by atoms with Crippen LogP contribution in [0.25, 0.3) is 16.7 Å². The molecule has 5 rings (SSSR count). The second-order valence-corrected chi connectivity index (χ2v) is 18.1. The summed E-state index contributed by atoms with van der Waals surface area (Å²) in [5.74, 6) is 1.46. The molecule has 0 spiro atoms. The van der Waals surface area contributed by atoms with E-state index in [2.05, 4.69) is 10.3 Å². The molecule has 54 heavy (non-hydrogen) atoms. The summed E-state index contributed by atoms with van der Waals surface area (Å²) in [6.07, 6.45) is 8.66. The Morgan fingerprint density at radius 3 is 2.37 bits per heavy atom. The van der Waals surface area contributed by atoms with E-state index in [1.165, 1.54) is 11.2 Å². The standard InChI is InChI=1S/C39H56N6O8S/c1-26(2)34(43(6)38(48)53-39(3,4)5)36(47)52-29-17-21-44(22-18-29)35(46)27-12-14-28(15-13-27)41-37-40-20-16-33(42-37)45-23-19-30-31(45)10-8-11-32(30)51-24-9-25-54(7,49)50/h8,10-11,16,19-20,23,26-29,34H,9,12-15,17-18,21-22,24-25H2,1-7H3,(H,40,41,42). The normalized spacial score (nSPS) is 19.0. The van der Waals surface area contributed by atoms with Gasteiger partial charge in [-0.1, -0.05) is 19.9 Å². The van der Waals surface area contributed by atoms with E-state index in [1.54, 1.807) is 34.0 Å². The zero-order valence-corrected chi connectivity index (χ0v) is 33.4. The van der Waals surface area contributed by atoms with Crippen LogP contribution in [0, 0.1) is 11.8 Å². The van der Waals surface area contributed by atoms with Gasteiger partial charge in [0.05, 0.1) is 17.9 Å². The number of benzene rings is 1. The van der Waals surface area contributed by atoms with Gasteiger partial charge in [0.1, 0.15) is 39.2 Å². The van der Waals surface area contributed by atoms with Gasteiger partial charge in [-0.15, -0.1) is 0 Å². The summed E-state index contributed by atoms with van der Waals surface area (Å²) >= 11 is 0. The number of esters is 1. The second kappa shape index (κ2) is 17.4. The van der Waals surface area contributed by atoms with Crippen molar-refractivity contribution in [1.82, 2.24) is 24.3 Å². The largest absolute Gasteiger partial charge is 0.493 e. The van der Waals surface area contributed by atoms with Crippen LogP contribution in [-0.2, 0) is 28.9 Å². The first-order chi connectivity index (χ1) is 25.5. The van der Waals surface area contributed by atoms with Crippen molar-refractivity contribution in [2.45, 2.75) is 103 Å². The fraction of sp³-hybridized carbons (Fsp3) is 0.615. The van der Waals surface area contributed by atoms with Crippen molar-refractivity contribution in [3.8, 4) is 11.6 Å². The van der Waals surface area contributed by atoms with Crippen molar-refractivity contribution in [3.63, 3.8) is 0 Å². The SMILES string of the molecule is CC(C)C(C(=O)OC1CCN(C(=O)C2CCC(Nc3nccc(-n4ccc5c(OCCCS(C)(=O)=O)cccc54)n3)CC2)CC1)N(C)C(=O)OC(C)(C)C. The zero-order valence-electron chi connectivity index (χ0n) is 32.6. The lowest BCUT2D eigenvalue weighted by Gasteiger charge is -2.37. The minimum Gasteiger partial charge on any atom is -0.493 e. The van der Waals surface area contributed by atoms with Crippen LogP contribution in [0.5, 0.6) is 5.75 Å². The molecular formula is C39H56N6O8S. The van der Waals surface area contributed by atoms with Crippen molar-refractivity contribution in [2.24, 2.45) is 11.8 Å². The number of aromatic nitrogens is 3. The van der Waals surface area contributed by atoms with Gasteiger partial charge >= 0.3 is 12.1 Å². The van der Waals surface area contributed by atoms with Gasteiger partial charge in [-0.05, 0) is 83.1 Å². The molecule has 0 radical (unpaired) electrons. The van der Waals surface area contributed by atoms with Crippen LogP contribution in [-0.4, -0.2) is 113 Å². The fourth-order valence-corrected chi connectivity index (χ4v) is 7.84. The number of anilines is 1. The quantitative estimate of drug-likeness (QED) is 0.169. The fourth-order valence-electron chi connectivity index (χ4n) is 7.20. The molecule has 3 heterocycles. The number of piperidine rings is 1. The Morgan fingerprint density at radius 2 is 1.72 bits per heavy atom. The van der Waals surface area contributed by atoms with E-state index in [-0.39, 0.29) is 35.6 Å². The Morgan fingerprint density at radius 1 is 1.02 bits per heavy atom. The summed E-state index contributed by atoms with van der Waals surface area (Å²) in [5, 5.41) is 4.38. The number of fused-ring (bicyclic) bond motifs is 1. The third-order valence-corrected chi connectivity index (χ3v) is 10.9. The van der Waals surface area contributed by atoms with Crippen LogP contribution in [0.3, 0.4) is 0 Å². The Hall–Kier alpha value is -4.40. The van der Waals surface area contributed by atoms with Gasteiger partial charge in [0.2, 0.25) is 11.9 Å². The van der Waals surface area contributed by atoms with Crippen molar-refractivity contribution in [1.29, 1.82) is 0 Å². The summed E-state index contributed by atoms with van der Waals surface area (Å²) in [5.41, 5.74) is 0.231. The Balaban J connectivity index is 1.09. The molecule has 1 aliphatic carbocycles. The molecule has 1 N–H and O–H groups in total. The topological polar surface area (TPSA) is 162 Å². The maximum Gasteiger partial charge on any atom is 0.410 e. The lowest BCUT2D eigenvalue weighted by molar-refractivity contribution is -0.159. The van der Waals surface area contributed by atoms with Gasteiger partial charge in [-0.3, -0.25) is 9.69 Å². The summed E-state index contributed by atoms with van der Waals surface area (Å²) < 4.78 is 42.2. The summed E-state index contributed by atoms with van der Waals surface area (Å²) in [7, 11) is -1.48. The van der Waals surface area contributed by atoms with Crippen molar-refractivity contribution in [2.75, 3.05) is 44.1 Å². The molecule has 2 aromatic heterocycles. The number of amides is 2. The Kier molecular flexibility index (Phi) is 13.1. The Bertz CT molecular complexity index is 1870. The predicted octanol–water partition coefficient (Wildman–Crippen LogP) is 5.63. The van der Waals surface area contributed by atoms with E-state index >= 15 is 0 Å². The molecule has 1 aliphatic heterocycles. The lowest BCUT2D eigenvalue weighted by Crippen LogP contribution is -2.50. The number of sulfone groups is 1. The highest BCUT2D eigenvalue weighted by Crippen LogP contribution is 2.31. The van der Waals surface area contributed by atoms with E-state index in [4.69, 9.17) is 19.2 Å². The molecule has 0 bridgehead atoms.